The van der Waals surface area contributed by atoms with Gasteiger partial charge in [-0.15, -0.1) is 0 Å². The van der Waals surface area contributed by atoms with Crippen molar-refractivity contribution in [3.63, 3.8) is 0 Å². The van der Waals surface area contributed by atoms with Gasteiger partial charge >= 0.3 is 0 Å². The molecule has 0 radical (unpaired) electrons. The molecule has 2 saturated carbocycles. The molecule has 2 aliphatic rings. The summed E-state index contributed by atoms with van der Waals surface area (Å²) < 4.78 is 0. The van der Waals surface area contributed by atoms with Gasteiger partial charge in [0.25, 0.3) is 0 Å². The van der Waals surface area contributed by atoms with E-state index in [4.69, 9.17) is 0 Å². The predicted molar refractivity (Wildman–Crippen MR) is 127 cm³/mol. The standard InChI is InChI=1S/C28H26O6/c29-15-22(30)26(32)24(21-14-6-10-17-8-2-4-12-19(17)21)27(33)25(31)23(28(26,27)34)20-13-5-9-16-7-1-3-11-18(16)20/h1-14,22-25,29-34H,15H2/t22-,23?,24?,25?,26+,27+,28+/m1/s1. The molecule has 6 heteroatoms. The van der Waals surface area contributed by atoms with Gasteiger partial charge in [-0.1, -0.05) is 84.9 Å². The molecule has 0 heterocycles. The lowest BCUT2D eigenvalue weighted by molar-refractivity contribution is -0.459. The van der Waals surface area contributed by atoms with E-state index in [0.29, 0.717) is 11.1 Å². The zero-order valence-electron chi connectivity index (χ0n) is 18.3. The van der Waals surface area contributed by atoms with Crippen molar-refractivity contribution in [3.05, 3.63) is 96.1 Å². The monoisotopic (exact) mass is 458 g/mol. The highest BCUT2D eigenvalue weighted by atomic mass is 16.5. The van der Waals surface area contributed by atoms with E-state index >= 15 is 0 Å². The molecule has 2 aliphatic carbocycles. The molecule has 0 aliphatic heterocycles. The van der Waals surface area contributed by atoms with E-state index in [0.717, 1.165) is 21.5 Å². The average molecular weight is 459 g/mol. The van der Waals surface area contributed by atoms with Gasteiger partial charge < -0.3 is 30.6 Å². The first-order chi connectivity index (χ1) is 16.3. The van der Waals surface area contributed by atoms with Gasteiger partial charge in [0.2, 0.25) is 0 Å². The van der Waals surface area contributed by atoms with Crippen LogP contribution < -0.4 is 0 Å². The van der Waals surface area contributed by atoms with Crippen LogP contribution in [0.15, 0.2) is 84.9 Å². The van der Waals surface area contributed by atoms with Gasteiger partial charge in [0.1, 0.15) is 22.9 Å². The zero-order chi connectivity index (χ0) is 23.9. The molecule has 6 N–H and O–H groups in total. The Bertz CT molecular complexity index is 1410. The van der Waals surface area contributed by atoms with Gasteiger partial charge in [-0.25, -0.2) is 0 Å². The fourth-order valence-electron chi connectivity index (χ4n) is 6.78. The molecule has 0 amide bonds. The van der Waals surface area contributed by atoms with E-state index in [2.05, 4.69) is 0 Å². The Morgan fingerprint density at radius 1 is 0.706 bits per heavy atom. The van der Waals surface area contributed by atoms with Gasteiger partial charge in [-0.05, 0) is 32.7 Å². The van der Waals surface area contributed by atoms with E-state index in [1.54, 1.807) is 24.3 Å². The normalized spacial score (nSPS) is 35.4. The second-order valence-electron chi connectivity index (χ2n) is 9.61. The highest BCUT2D eigenvalue weighted by Gasteiger charge is 2.93. The van der Waals surface area contributed by atoms with Crippen molar-refractivity contribution >= 4 is 21.5 Å². The lowest BCUT2D eigenvalue weighted by Gasteiger charge is -2.80. The molecule has 6 rings (SSSR count). The van der Waals surface area contributed by atoms with Crippen LogP contribution in [0, 0.1) is 0 Å². The van der Waals surface area contributed by atoms with Crippen LogP contribution in [0.1, 0.15) is 23.0 Å². The van der Waals surface area contributed by atoms with Crippen LogP contribution in [0.3, 0.4) is 0 Å². The predicted octanol–water partition coefficient (Wildman–Crippen LogP) is 1.79. The van der Waals surface area contributed by atoms with Crippen molar-refractivity contribution in [1.82, 2.24) is 0 Å². The van der Waals surface area contributed by atoms with Crippen molar-refractivity contribution in [1.29, 1.82) is 0 Å². The lowest BCUT2D eigenvalue weighted by atomic mass is 9.30. The van der Waals surface area contributed by atoms with E-state index < -0.39 is 47.5 Å². The summed E-state index contributed by atoms with van der Waals surface area (Å²) in [5, 5.41) is 71.0. The minimum atomic E-state index is -2.32. The number of rotatable bonds is 4. The number of hydrogen-bond donors (Lipinski definition) is 6. The van der Waals surface area contributed by atoms with E-state index in [-0.39, 0.29) is 0 Å². The first-order valence-corrected chi connectivity index (χ1v) is 11.4. The molecule has 0 spiro atoms. The first kappa shape index (κ1) is 21.7. The third-order valence-corrected chi connectivity index (χ3v) is 8.29. The largest absolute Gasteiger partial charge is 0.394 e. The quantitative estimate of drug-likeness (QED) is 0.277. The van der Waals surface area contributed by atoms with Crippen LogP contribution in [0.5, 0.6) is 0 Å². The smallest absolute Gasteiger partial charge is 0.138 e. The molecule has 4 aromatic rings. The molecule has 6 nitrogen and oxygen atoms in total. The van der Waals surface area contributed by atoms with Gasteiger partial charge in [-0.2, -0.15) is 0 Å². The van der Waals surface area contributed by atoms with Crippen molar-refractivity contribution in [2.24, 2.45) is 0 Å². The molecule has 7 atom stereocenters. The van der Waals surface area contributed by atoms with E-state index in [1.807, 2.05) is 60.7 Å². The third kappa shape index (κ3) is 2.26. The molecular formula is C28H26O6. The first-order valence-electron chi connectivity index (χ1n) is 11.4. The number of aliphatic hydroxyl groups is 6. The Morgan fingerprint density at radius 2 is 1.21 bits per heavy atom. The highest BCUT2D eigenvalue weighted by Crippen LogP contribution is 2.76. The van der Waals surface area contributed by atoms with Gasteiger partial charge in [0.15, 0.2) is 0 Å². The van der Waals surface area contributed by atoms with Crippen LogP contribution in [-0.2, 0) is 0 Å². The van der Waals surface area contributed by atoms with Crippen molar-refractivity contribution in [2.75, 3.05) is 6.61 Å². The highest BCUT2D eigenvalue weighted by molar-refractivity contribution is 5.89. The summed E-state index contributed by atoms with van der Waals surface area (Å²) in [6.45, 7) is -0.825. The third-order valence-electron chi connectivity index (χ3n) is 8.29. The van der Waals surface area contributed by atoms with Crippen molar-refractivity contribution < 1.29 is 30.6 Å². The molecule has 3 unspecified atom stereocenters. The summed E-state index contributed by atoms with van der Waals surface area (Å²) in [4.78, 5) is 0. The summed E-state index contributed by atoms with van der Waals surface area (Å²) in [5.41, 5.74) is -5.72. The molecule has 0 bridgehead atoms. The van der Waals surface area contributed by atoms with Crippen LogP contribution in [0.4, 0.5) is 0 Å². The molecule has 0 aromatic heterocycles. The Labute approximate surface area is 196 Å². The van der Waals surface area contributed by atoms with Crippen molar-refractivity contribution in [2.45, 2.75) is 40.8 Å². The van der Waals surface area contributed by atoms with Crippen LogP contribution in [-0.4, -0.2) is 66.3 Å². The summed E-state index contributed by atoms with van der Waals surface area (Å²) in [6, 6.07) is 25.6. The van der Waals surface area contributed by atoms with Gasteiger partial charge in [0, 0.05) is 5.92 Å². The average Bonchev–Trinajstić information content (AvgIpc) is 2.88. The van der Waals surface area contributed by atoms with Crippen LogP contribution in [0.2, 0.25) is 0 Å². The summed E-state index contributed by atoms with van der Waals surface area (Å²) >= 11 is 0. The minimum Gasteiger partial charge on any atom is -0.394 e. The molecular weight excluding hydrogens is 432 g/mol. The van der Waals surface area contributed by atoms with E-state index in [9.17, 15) is 30.6 Å². The fraction of sp³-hybridized carbons (Fsp3) is 0.286. The maximum Gasteiger partial charge on any atom is 0.138 e. The molecule has 4 aromatic carbocycles. The van der Waals surface area contributed by atoms with E-state index in [1.165, 1.54) is 0 Å². The Hall–Kier alpha value is -2.84. The maximum absolute atomic E-state index is 12.0. The number of hydrogen-bond acceptors (Lipinski definition) is 6. The topological polar surface area (TPSA) is 121 Å². The molecule has 0 saturated heterocycles. The Balaban J connectivity index is 1.57. The minimum absolute atomic E-state index is 0.482. The second kappa shape index (κ2) is 7.09. The zero-order valence-corrected chi connectivity index (χ0v) is 18.3. The number of aliphatic hydroxyl groups excluding tert-OH is 3. The molecule has 34 heavy (non-hydrogen) atoms. The lowest BCUT2D eigenvalue weighted by Crippen LogP contribution is -2.99. The fourth-order valence-corrected chi connectivity index (χ4v) is 6.78. The summed E-state index contributed by atoms with van der Waals surface area (Å²) in [5.74, 6) is -2.32. The number of benzene rings is 4. The number of fused-ring (bicyclic) bond motifs is 3. The SMILES string of the molecule is OC[C@@H](O)[C@]1(O)C(c2cccc3ccccc23)[C@]2(O)C(O)C(c3cccc4ccccc34)[C@@]21O. The second-order valence-corrected chi connectivity index (χ2v) is 9.61. The summed E-state index contributed by atoms with van der Waals surface area (Å²) in [6.07, 6.45) is -3.18. The molecule has 174 valence electrons. The maximum atomic E-state index is 12.0. The van der Waals surface area contributed by atoms with Gasteiger partial charge in [-0.3, -0.25) is 0 Å². The van der Waals surface area contributed by atoms with Gasteiger partial charge in [0.05, 0.1) is 18.6 Å². The Morgan fingerprint density at radius 3 is 1.79 bits per heavy atom. The van der Waals surface area contributed by atoms with Crippen LogP contribution in [0.25, 0.3) is 21.5 Å². The Kier molecular flexibility index (Phi) is 4.52. The van der Waals surface area contributed by atoms with Crippen molar-refractivity contribution in [3.8, 4) is 0 Å². The summed E-state index contributed by atoms with van der Waals surface area (Å²) in [7, 11) is 0. The molecule has 2 fully saturated rings. The van der Waals surface area contributed by atoms with Crippen LogP contribution >= 0.6 is 0 Å².